The van der Waals surface area contributed by atoms with Crippen molar-refractivity contribution in [2.75, 3.05) is 0 Å². The summed E-state index contributed by atoms with van der Waals surface area (Å²) in [6.07, 6.45) is 1.94. The van der Waals surface area contributed by atoms with Crippen LogP contribution in [0.4, 0.5) is 0 Å². The third-order valence-electron chi connectivity index (χ3n) is 3.77. The maximum absolute atomic E-state index is 12.8. The Morgan fingerprint density at radius 2 is 2.00 bits per heavy atom. The lowest BCUT2D eigenvalue weighted by Gasteiger charge is -2.15. The van der Waals surface area contributed by atoms with Gasteiger partial charge in [0, 0.05) is 17.5 Å². The molecule has 1 heterocycles. The van der Waals surface area contributed by atoms with E-state index in [-0.39, 0.29) is 23.6 Å². The lowest BCUT2D eigenvalue weighted by molar-refractivity contribution is 0.0932. The second kappa shape index (κ2) is 5.02. The highest BCUT2D eigenvalue weighted by atomic mass is 16.2. The number of rotatable bonds is 3. The normalized spacial score (nSPS) is 14.7. The largest absolute Gasteiger partial charge is 0.349 e. The van der Waals surface area contributed by atoms with E-state index in [2.05, 4.69) is 5.32 Å². The molecule has 110 valence electrons. The maximum atomic E-state index is 12.8. The van der Waals surface area contributed by atoms with Gasteiger partial charge in [0.25, 0.3) is 11.5 Å². The summed E-state index contributed by atoms with van der Waals surface area (Å²) < 4.78 is 1.68. The average Bonchev–Trinajstić information content (AvgIpc) is 3.22. The first-order chi connectivity index (χ1) is 9.97. The number of aryl methyl sites for hydroxylation is 1. The Hall–Kier alpha value is -2.10. The molecular formula is C17H20N2O2. The zero-order valence-electron chi connectivity index (χ0n) is 12.6. The first-order valence-corrected chi connectivity index (χ1v) is 7.44. The molecule has 2 aromatic rings. The minimum atomic E-state index is -0.170. The van der Waals surface area contributed by atoms with Crippen LogP contribution in [0.15, 0.2) is 29.1 Å². The number of benzene rings is 1. The lowest BCUT2D eigenvalue weighted by atomic mass is 10.1. The molecule has 0 radical (unpaired) electrons. The van der Waals surface area contributed by atoms with Gasteiger partial charge in [-0.15, -0.1) is 0 Å². The number of nitrogens with one attached hydrogen (secondary N) is 1. The van der Waals surface area contributed by atoms with Gasteiger partial charge < -0.3 is 9.88 Å². The molecule has 0 unspecified atom stereocenters. The fourth-order valence-electron chi connectivity index (χ4n) is 2.64. The van der Waals surface area contributed by atoms with Crippen LogP contribution in [0.25, 0.3) is 10.8 Å². The van der Waals surface area contributed by atoms with Gasteiger partial charge in [0.05, 0.1) is 0 Å². The van der Waals surface area contributed by atoms with Crippen molar-refractivity contribution in [2.24, 2.45) is 0 Å². The van der Waals surface area contributed by atoms with Crippen molar-refractivity contribution in [3.05, 3.63) is 45.9 Å². The van der Waals surface area contributed by atoms with Gasteiger partial charge in [0.15, 0.2) is 0 Å². The summed E-state index contributed by atoms with van der Waals surface area (Å²) in [6, 6.07) is 7.85. The van der Waals surface area contributed by atoms with E-state index in [0.29, 0.717) is 11.1 Å². The van der Waals surface area contributed by atoms with Crippen LogP contribution in [0.1, 0.15) is 48.8 Å². The first-order valence-electron chi connectivity index (χ1n) is 7.44. The van der Waals surface area contributed by atoms with Crippen molar-refractivity contribution in [1.29, 1.82) is 0 Å². The standard InChI is InChI=1S/C17H20N2O2/c1-10(2)18-16(20)15-9-12-5-4-11(3)8-14(12)17(21)19(15)13-6-7-13/h4-5,8-10,13H,6-7H2,1-3H3,(H,18,20). The van der Waals surface area contributed by atoms with Crippen LogP contribution in [0.3, 0.4) is 0 Å². The zero-order valence-corrected chi connectivity index (χ0v) is 12.6. The minimum absolute atomic E-state index is 0.0485. The zero-order chi connectivity index (χ0) is 15.1. The quantitative estimate of drug-likeness (QED) is 0.942. The number of aromatic nitrogens is 1. The van der Waals surface area contributed by atoms with Gasteiger partial charge in [-0.3, -0.25) is 9.59 Å². The molecule has 0 aliphatic heterocycles. The van der Waals surface area contributed by atoms with E-state index in [9.17, 15) is 9.59 Å². The van der Waals surface area contributed by atoms with E-state index in [1.165, 1.54) is 0 Å². The molecule has 0 bridgehead atoms. The van der Waals surface area contributed by atoms with Gasteiger partial charge in [-0.1, -0.05) is 17.7 Å². The van der Waals surface area contributed by atoms with Crippen molar-refractivity contribution >= 4 is 16.7 Å². The Balaban J connectivity index is 2.23. The number of pyridine rings is 1. The smallest absolute Gasteiger partial charge is 0.268 e. The summed E-state index contributed by atoms with van der Waals surface area (Å²) in [5.74, 6) is -0.170. The number of carbonyl (C=O) groups is 1. The van der Waals surface area contributed by atoms with Crippen LogP contribution in [0.5, 0.6) is 0 Å². The van der Waals surface area contributed by atoms with Crippen molar-refractivity contribution in [3.8, 4) is 0 Å². The van der Waals surface area contributed by atoms with Crippen molar-refractivity contribution in [1.82, 2.24) is 9.88 Å². The summed E-state index contributed by atoms with van der Waals surface area (Å²) >= 11 is 0. The predicted molar refractivity (Wildman–Crippen MR) is 83.8 cm³/mol. The number of fused-ring (bicyclic) bond motifs is 1. The molecule has 4 nitrogen and oxygen atoms in total. The van der Waals surface area contributed by atoms with Crippen LogP contribution in [0, 0.1) is 6.92 Å². The van der Waals surface area contributed by atoms with E-state index < -0.39 is 0 Å². The van der Waals surface area contributed by atoms with Gasteiger partial charge in [-0.2, -0.15) is 0 Å². The maximum Gasteiger partial charge on any atom is 0.268 e. The van der Waals surface area contributed by atoms with E-state index >= 15 is 0 Å². The Kier molecular flexibility index (Phi) is 3.32. The van der Waals surface area contributed by atoms with E-state index in [1.54, 1.807) is 4.57 Å². The second-order valence-electron chi connectivity index (χ2n) is 6.15. The molecule has 1 aromatic heterocycles. The van der Waals surface area contributed by atoms with Crippen LogP contribution in [-0.4, -0.2) is 16.5 Å². The third-order valence-corrected chi connectivity index (χ3v) is 3.77. The molecule has 0 spiro atoms. The van der Waals surface area contributed by atoms with Crippen LogP contribution < -0.4 is 10.9 Å². The number of carbonyl (C=O) groups excluding carboxylic acids is 1. The summed E-state index contributed by atoms with van der Waals surface area (Å²) in [5, 5.41) is 4.41. The number of hydrogen-bond acceptors (Lipinski definition) is 2. The van der Waals surface area contributed by atoms with Crippen molar-refractivity contribution < 1.29 is 4.79 Å². The van der Waals surface area contributed by atoms with E-state index in [1.807, 2.05) is 45.0 Å². The molecule has 4 heteroatoms. The van der Waals surface area contributed by atoms with Gasteiger partial charge in [0.2, 0.25) is 0 Å². The highest BCUT2D eigenvalue weighted by Crippen LogP contribution is 2.35. The topological polar surface area (TPSA) is 51.1 Å². The van der Waals surface area contributed by atoms with Crippen LogP contribution >= 0.6 is 0 Å². The molecule has 3 rings (SSSR count). The number of amides is 1. The average molecular weight is 284 g/mol. The highest BCUT2D eigenvalue weighted by Gasteiger charge is 2.29. The Labute approximate surface area is 123 Å². The lowest BCUT2D eigenvalue weighted by Crippen LogP contribution is -2.35. The van der Waals surface area contributed by atoms with Crippen molar-refractivity contribution in [3.63, 3.8) is 0 Å². The SMILES string of the molecule is Cc1ccc2cc(C(=O)NC(C)C)n(C3CC3)c(=O)c2c1. The Morgan fingerprint density at radius 1 is 1.29 bits per heavy atom. The second-order valence-corrected chi connectivity index (χ2v) is 6.15. The molecule has 1 aliphatic rings. The predicted octanol–water partition coefficient (Wildman–Crippen LogP) is 2.78. The Bertz CT molecular complexity index is 770. The minimum Gasteiger partial charge on any atom is -0.349 e. The number of hydrogen-bond donors (Lipinski definition) is 1. The molecular weight excluding hydrogens is 264 g/mol. The molecule has 1 aliphatic carbocycles. The molecule has 1 saturated carbocycles. The molecule has 1 amide bonds. The van der Waals surface area contributed by atoms with E-state index in [4.69, 9.17) is 0 Å². The van der Waals surface area contributed by atoms with Gasteiger partial charge in [-0.25, -0.2) is 0 Å². The monoisotopic (exact) mass is 284 g/mol. The molecule has 21 heavy (non-hydrogen) atoms. The van der Waals surface area contributed by atoms with Crippen LogP contribution in [-0.2, 0) is 0 Å². The fraction of sp³-hybridized carbons (Fsp3) is 0.412. The van der Waals surface area contributed by atoms with Crippen LogP contribution in [0.2, 0.25) is 0 Å². The first kappa shape index (κ1) is 13.9. The van der Waals surface area contributed by atoms with E-state index in [0.717, 1.165) is 23.8 Å². The molecule has 0 atom stereocenters. The number of nitrogens with zero attached hydrogens (tertiary/aromatic N) is 1. The molecule has 0 saturated heterocycles. The summed E-state index contributed by atoms with van der Waals surface area (Å²) in [6.45, 7) is 5.81. The van der Waals surface area contributed by atoms with Crippen molar-refractivity contribution in [2.45, 2.75) is 45.7 Å². The van der Waals surface area contributed by atoms with Gasteiger partial charge >= 0.3 is 0 Å². The molecule has 1 N–H and O–H groups in total. The molecule has 1 fully saturated rings. The van der Waals surface area contributed by atoms with Gasteiger partial charge in [0.1, 0.15) is 5.69 Å². The highest BCUT2D eigenvalue weighted by molar-refractivity contribution is 5.97. The summed E-state index contributed by atoms with van der Waals surface area (Å²) in [5.41, 5.74) is 1.49. The third kappa shape index (κ3) is 2.58. The fourth-order valence-corrected chi connectivity index (χ4v) is 2.64. The van der Waals surface area contributed by atoms with Gasteiger partial charge in [-0.05, 0) is 51.1 Å². The summed E-state index contributed by atoms with van der Waals surface area (Å²) in [7, 11) is 0. The summed E-state index contributed by atoms with van der Waals surface area (Å²) in [4.78, 5) is 25.2. The Morgan fingerprint density at radius 3 is 2.62 bits per heavy atom. The molecule has 1 aromatic carbocycles.